The second-order valence-electron chi connectivity index (χ2n) is 5.95. The first-order chi connectivity index (χ1) is 13.0. The molecule has 2 heterocycles. The van der Waals surface area contributed by atoms with Gasteiger partial charge >= 0.3 is 0 Å². The summed E-state index contributed by atoms with van der Waals surface area (Å²) in [4.78, 5) is 15.1. The molecule has 142 valence electrons. The molecule has 1 amide bonds. The maximum atomic E-state index is 13.9. The lowest BCUT2D eigenvalue weighted by Gasteiger charge is -2.18. The zero-order chi connectivity index (χ0) is 19.4. The Morgan fingerprint density at radius 1 is 1.33 bits per heavy atom. The molecule has 0 aliphatic heterocycles. The van der Waals surface area contributed by atoms with Crippen LogP contribution < -0.4 is 0 Å². The fourth-order valence-electron chi connectivity index (χ4n) is 2.44. The SMILES string of the molecule is CN(Cc1c(F)cccc1Cl)C(=O)CSc1nnc(Cc2cccs2)n1C. The summed E-state index contributed by atoms with van der Waals surface area (Å²) in [6.07, 6.45) is 0.710. The van der Waals surface area contributed by atoms with Crippen LogP contribution in [0.4, 0.5) is 4.39 Å². The van der Waals surface area contributed by atoms with Gasteiger partial charge in [-0.15, -0.1) is 21.5 Å². The number of thioether (sulfide) groups is 1. The summed E-state index contributed by atoms with van der Waals surface area (Å²) in [6, 6.07) is 8.55. The first-order valence-corrected chi connectivity index (χ1v) is 10.4. The van der Waals surface area contributed by atoms with Gasteiger partial charge in [0.2, 0.25) is 5.91 Å². The molecule has 0 saturated heterocycles. The number of amides is 1. The van der Waals surface area contributed by atoms with Crippen molar-refractivity contribution in [2.24, 2.45) is 7.05 Å². The van der Waals surface area contributed by atoms with Crippen molar-refractivity contribution < 1.29 is 9.18 Å². The van der Waals surface area contributed by atoms with E-state index in [2.05, 4.69) is 16.3 Å². The van der Waals surface area contributed by atoms with Gasteiger partial charge < -0.3 is 9.47 Å². The highest BCUT2D eigenvalue weighted by Gasteiger charge is 2.17. The van der Waals surface area contributed by atoms with Crippen molar-refractivity contribution in [2.45, 2.75) is 18.1 Å². The molecule has 0 N–H and O–H groups in total. The molecule has 3 rings (SSSR count). The van der Waals surface area contributed by atoms with Gasteiger partial charge in [0.05, 0.1) is 5.75 Å². The number of aromatic nitrogens is 3. The predicted molar refractivity (Wildman–Crippen MR) is 107 cm³/mol. The van der Waals surface area contributed by atoms with Gasteiger partial charge in [-0.25, -0.2) is 4.39 Å². The van der Waals surface area contributed by atoms with Crippen molar-refractivity contribution in [1.82, 2.24) is 19.7 Å². The summed E-state index contributed by atoms with van der Waals surface area (Å²) < 4.78 is 15.8. The van der Waals surface area contributed by atoms with Gasteiger partial charge in [0.15, 0.2) is 5.16 Å². The van der Waals surface area contributed by atoms with Gasteiger partial charge in [-0.1, -0.05) is 35.5 Å². The molecular weight excluding hydrogens is 407 g/mol. The number of carbonyl (C=O) groups is 1. The van der Waals surface area contributed by atoms with Crippen LogP contribution in [0.2, 0.25) is 5.02 Å². The van der Waals surface area contributed by atoms with Crippen LogP contribution in [0.3, 0.4) is 0 Å². The fourth-order valence-corrected chi connectivity index (χ4v) is 4.23. The summed E-state index contributed by atoms with van der Waals surface area (Å²) in [6.45, 7) is 0.118. The Labute approximate surface area is 170 Å². The Balaban J connectivity index is 1.58. The van der Waals surface area contributed by atoms with Crippen LogP contribution in [0, 0.1) is 5.82 Å². The van der Waals surface area contributed by atoms with Gasteiger partial charge in [0.25, 0.3) is 0 Å². The fraction of sp³-hybridized carbons (Fsp3) is 0.278. The maximum absolute atomic E-state index is 13.9. The Morgan fingerprint density at radius 2 is 2.15 bits per heavy atom. The monoisotopic (exact) mass is 424 g/mol. The third-order valence-corrected chi connectivity index (χ3v) is 6.28. The molecule has 27 heavy (non-hydrogen) atoms. The first kappa shape index (κ1) is 19.9. The van der Waals surface area contributed by atoms with Crippen molar-refractivity contribution in [3.63, 3.8) is 0 Å². The van der Waals surface area contributed by atoms with Gasteiger partial charge in [0, 0.05) is 42.5 Å². The Bertz CT molecular complexity index is 909. The molecule has 0 radical (unpaired) electrons. The molecule has 0 saturated carbocycles. The van der Waals surface area contributed by atoms with E-state index < -0.39 is 5.82 Å². The molecule has 0 aliphatic rings. The van der Waals surface area contributed by atoms with E-state index in [1.807, 2.05) is 23.1 Å². The highest BCUT2D eigenvalue weighted by Crippen LogP contribution is 2.22. The van der Waals surface area contributed by atoms with Crippen molar-refractivity contribution in [3.8, 4) is 0 Å². The summed E-state index contributed by atoms with van der Waals surface area (Å²) in [5, 5.41) is 11.4. The number of hydrogen-bond acceptors (Lipinski definition) is 5. The molecule has 9 heteroatoms. The number of rotatable bonds is 7. The number of hydrogen-bond donors (Lipinski definition) is 0. The molecule has 1 aromatic carbocycles. The van der Waals surface area contributed by atoms with Crippen LogP contribution in [0.5, 0.6) is 0 Å². The highest BCUT2D eigenvalue weighted by molar-refractivity contribution is 7.99. The Morgan fingerprint density at radius 3 is 2.85 bits per heavy atom. The van der Waals surface area contributed by atoms with Crippen molar-refractivity contribution in [2.75, 3.05) is 12.8 Å². The van der Waals surface area contributed by atoms with Crippen LogP contribution in [0.15, 0.2) is 40.9 Å². The smallest absolute Gasteiger partial charge is 0.233 e. The molecular formula is C18H18ClFN4OS2. The Hall–Kier alpha value is -1.90. The zero-order valence-corrected chi connectivity index (χ0v) is 17.2. The summed E-state index contributed by atoms with van der Waals surface area (Å²) >= 11 is 9.01. The molecule has 2 aromatic heterocycles. The number of halogens is 2. The summed E-state index contributed by atoms with van der Waals surface area (Å²) in [5.74, 6) is 0.482. The molecule has 0 fully saturated rings. The summed E-state index contributed by atoms with van der Waals surface area (Å²) in [5.41, 5.74) is 0.317. The quantitative estimate of drug-likeness (QED) is 0.538. The average molecular weight is 425 g/mol. The van der Waals surface area contributed by atoms with E-state index in [0.29, 0.717) is 22.2 Å². The third-order valence-electron chi connectivity index (χ3n) is 4.04. The van der Waals surface area contributed by atoms with E-state index in [0.717, 1.165) is 5.82 Å². The van der Waals surface area contributed by atoms with Crippen LogP contribution in [-0.4, -0.2) is 38.4 Å². The van der Waals surface area contributed by atoms with Crippen LogP contribution in [0.1, 0.15) is 16.3 Å². The Kier molecular flexibility index (Phi) is 6.51. The van der Waals surface area contributed by atoms with E-state index in [9.17, 15) is 9.18 Å². The van der Waals surface area contributed by atoms with Crippen molar-refractivity contribution in [1.29, 1.82) is 0 Å². The van der Waals surface area contributed by atoms with Crippen LogP contribution in [-0.2, 0) is 24.8 Å². The van der Waals surface area contributed by atoms with E-state index in [-0.39, 0.29) is 18.2 Å². The zero-order valence-electron chi connectivity index (χ0n) is 14.9. The molecule has 5 nitrogen and oxygen atoms in total. The topological polar surface area (TPSA) is 51.0 Å². The standard InChI is InChI=1S/C18H18ClFN4OS2/c1-23(10-13-14(19)6-3-7-15(13)20)17(25)11-27-18-22-21-16(24(18)2)9-12-5-4-8-26-12/h3-8H,9-11H2,1-2H3. The maximum Gasteiger partial charge on any atom is 0.233 e. The van der Waals surface area contributed by atoms with E-state index in [4.69, 9.17) is 11.6 Å². The minimum Gasteiger partial charge on any atom is -0.341 e. The lowest BCUT2D eigenvalue weighted by molar-refractivity contribution is -0.127. The normalized spacial score (nSPS) is 11.0. The lowest BCUT2D eigenvalue weighted by Crippen LogP contribution is -2.28. The van der Waals surface area contributed by atoms with E-state index in [1.165, 1.54) is 27.6 Å². The van der Waals surface area contributed by atoms with E-state index >= 15 is 0 Å². The van der Waals surface area contributed by atoms with Crippen molar-refractivity contribution >= 4 is 40.6 Å². The predicted octanol–water partition coefficient (Wildman–Crippen LogP) is 4.01. The van der Waals surface area contributed by atoms with Gasteiger partial charge in [0.1, 0.15) is 11.6 Å². The van der Waals surface area contributed by atoms with Gasteiger partial charge in [-0.05, 0) is 23.6 Å². The number of carbonyl (C=O) groups excluding carboxylic acids is 1. The largest absolute Gasteiger partial charge is 0.341 e. The minimum atomic E-state index is -0.415. The molecule has 0 aliphatic carbocycles. The molecule has 3 aromatic rings. The molecule has 0 atom stereocenters. The molecule has 0 bridgehead atoms. The van der Waals surface area contributed by atoms with Gasteiger partial charge in [-0.3, -0.25) is 4.79 Å². The number of thiophene rings is 1. The highest BCUT2D eigenvalue weighted by atomic mass is 35.5. The third kappa shape index (κ3) is 4.88. The van der Waals surface area contributed by atoms with Crippen LogP contribution >= 0.6 is 34.7 Å². The average Bonchev–Trinajstić information content (AvgIpc) is 3.27. The second kappa shape index (κ2) is 8.86. The van der Waals surface area contributed by atoms with Crippen LogP contribution in [0.25, 0.3) is 0 Å². The number of benzene rings is 1. The van der Waals surface area contributed by atoms with Gasteiger partial charge in [-0.2, -0.15) is 0 Å². The lowest BCUT2D eigenvalue weighted by atomic mass is 10.2. The summed E-state index contributed by atoms with van der Waals surface area (Å²) in [7, 11) is 3.52. The first-order valence-electron chi connectivity index (χ1n) is 8.16. The van der Waals surface area contributed by atoms with Crippen molar-refractivity contribution in [3.05, 3.63) is 62.8 Å². The molecule has 0 spiro atoms. The minimum absolute atomic E-state index is 0.118. The number of nitrogens with zero attached hydrogens (tertiary/aromatic N) is 4. The molecule has 0 unspecified atom stereocenters. The second-order valence-corrected chi connectivity index (χ2v) is 8.33. The van der Waals surface area contributed by atoms with E-state index in [1.54, 1.807) is 30.5 Å².